The van der Waals surface area contributed by atoms with Crippen molar-refractivity contribution in [3.05, 3.63) is 58.1 Å². The first kappa shape index (κ1) is 14.0. The van der Waals surface area contributed by atoms with Crippen LogP contribution in [-0.2, 0) is 6.54 Å². The molecule has 0 saturated heterocycles. The van der Waals surface area contributed by atoms with Crippen LogP contribution in [0.2, 0.25) is 0 Å². The summed E-state index contributed by atoms with van der Waals surface area (Å²) >= 11 is 3.05. The quantitative estimate of drug-likeness (QED) is 0.906. The molecule has 2 rings (SSSR count). The third-order valence-corrected chi connectivity index (χ3v) is 3.10. The number of halogens is 3. The molecule has 0 aromatic heterocycles. The van der Waals surface area contributed by atoms with Crippen LogP contribution in [0.3, 0.4) is 0 Å². The fraction of sp³-hybridized carbons (Fsp3) is 0.143. The Morgan fingerprint density at radius 1 is 1.11 bits per heavy atom. The van der Waals surface area contributed by atoms with E-state index >= 15 is 0 Å². The lowest BCUT2D eigenvalue weighted by Crippen LogP contribution is -2.05. The molecule has 1 N–H and O–H groups in total. The second-order valence-corrected chi connectivity index (χ2v) is 4.83. The van der Waals surface area contributed by atoms with Crippen LogP contribution in [0.4, 0.5) is 8.78 Å². The van der Waals surface area contributed by atoms with Gasteiger partial charge in [0.15, 0.2) is 11.6 Å². The molecule has 0 spiro atoms. The number of rotatable bonds is 4. The molecule has 0 aliphatic carbocycles. The van der Waals surface area contributed by atoms with Crippen molar-refractivity contribution in [1.29, 1.82) is 0 Å². The first-order valence-corrected chi connectivity index (χ1v) is 6.45. The Morgan fingerprint density at radius 3 is 2.53 bits per heavy atom. The average Bonchev–Trinajstić information content (AvgIpc) is 2.37. The van der Waals surface area contributed by atoms with E-state index in [1.807, 2.05) is 0 Å². The maximum Gasteiger partial charge on any atom is 0.166 e. The minimum Gasteiger partial charge on any atom is -0.454 e. The van der Waals surface area contributed by atoms with Gasteiger partial charge >= 0.3 is 0 Å². The van der Waals surface area contributed by atoms with E-state index in [1.54, 1.807) is 19.2 Å². The van der Waals surface area contributed by atoms with Gasteiger partial charge in [-0.3, -0.25) is 0 Å². The van der Waals surface area contributed by atoms with E-state index in [9.17, 15) is 8.78 Å². The summed E-state index contributed by atoms with van der Waals surface area (Å²) in [4.78, 5) is 0. The lowest BCUT2D eigenvalue weighted by Gasteiger charge is -2.09. The maximum absolute atomic E-state index is 13.8. The van der Waals surface area contributed by atoms with Crippen LogP contribution >= 0.6 is 15.9 Å². The van der Waals surface area contributed by atoms with E-state index in [0.29, 0.717) is 12.3 Å². The second kappa shape index (κ2) is 6.12. The SMILES string of the molecule is CNCc1ccc(Oc2ccc(F)c(Br)c2)c(F)c1. The molecule has 5 heteroatoms. The number of benzene rings is 2. The summed E-state index contributed by atoms with van der Waals surface area (Å²) in [5.74, 6) is -0.364. The molecular weight excluding hydrogens is 316 g/mol. The van der Waals surface area contributed by atoms with Crippen LogP contribution in [0.1, 0.15) is 5.56 Å². The van der Waals surface area contributed by atoms with Gasteiger partial charge in [-0.2, -0.15) is 0 Å². The van der Waals surface area contributed by atoms with E-state index in [1.165, 1.54) is 24.3 Å². The van der Waals surface area contributed by atoms with E-state index in [4.69, 9.17) is 4.74 Å². The van der Waals surface area contributed by atoms with Crippen molar-refractivity contribution in [2.24, 2.45) is 0 Å². The Hall–Kier alpha value is -1.46. The Kier molecular flexibility index (Phi) is 4.50. The zero-order chi connectivity index (χ0) is 13.8. The molecule has 0 aliphatic heterocycles. The smallest absolute Gasteiger partial charge is 0.166 e. The predicted molar refractivity (Wildman–Crippen MR) is 73.3 cm³/mol. The highest BCUT2D eigenvalue weighted by Crippen LogP contribution is 2.28. The van der Waals surface area contributed by atoms with E-state index in [-0.39, 0.29) is 10.2 Å². The van der Waals surface area contributed by atoms with Crippen LogP contribution < -0.4 is 10.1 Å². The zero-order valence-electron chi connectivity index (χ0n) is 10.2. The van der Waals surface area contributed by atoms with Gasteiger partial charge in [0.1, 0.15) is 11.6 Å². The highest BCUT2D eigenvalue weighted by Gasteiger charge is 2.07. The monoisotopic (exact) mass is 327 g/mol. The fourth-order valence-electron chi connectivity index (χ4n) is 1.61. The minimum atomic E-state index is -0.451. The van der Waals surface area contributed by atoms with Crippen LogP contribution in [0.15, 0.2) is 40.9 Å². The number of nitrogens with one attached hydrogen (secondary N) is 1. The number of ether oxygens (including phenoxy) is 1. The molecule has 19 heavy (non-hydrogen) atoms. The van der Waals surface area contributed by atoms with Crippen LogP contribution in [-0.4, -0.2) is 7.05 Å². The molecule has 2 aromatic rings. The molecule has 0 fully saturated rings. The van der Waals surface area contributed by atoms with Crippen molar-refractivity contribution < 1.29 is 13.5 Å². The highest BCUT2D eigenvalue weighted by molar-refractivity contribution is 9.10. The molecule has 0 unspecified atom stereocenters. The first-order valence-electron chi connectivity index (χ1n) is 5.66. The van der Waals surface area contributed by atoms with Gasteiger partial charge in [0.2, 0.25) is 0 Å². The van der Waals surface area contributed by atoms with Gasteiger partial charge < -0.3 is 10.1 Å². The number of hydrogen-bond acceptors (Lipinski definition) is 2. The molecule has 0 amide bonds. The highest BCUT2D eigenvalue weighted by atomic mass is 79.9. The number of hydrogen-bond donors (Lipinski definition) is 1. The lowest BCUT2D eigenvalue weighted by atomic mass is 10.2. The van der Waals surface area contributed by atoms with Gasteiger partial charge in [-0.1, -0.05) is 6.07 Å². The van der Waals surface area contributed by atoms with Crippen molar-refractivity contribution in [2.45, 2.75) is 6.54 Å². The van der Waals surface area contributed by atoms with Crippen molar-refractivity contribution in [3.63, 3.8) is 0 Å². The topological polar surface area (TPSA) is 21.3 Å². The van der Waals surface area contributed by atoms with Gasteiger partial charge in [-0.05, 0) is 58.9 Å². The van der Waals surface area contributed by atoms with Crippen LogP contribution in [0, 0.1) is 11.6 Å². The Labute approximate surface area is 118 Å². The Bertz CT molecular complexity index is 590. The summed E-state index contributed by atoms with van der Waals surface area (Å²) in [6.45, 7) is 0.583. The molecule has 100 valence electrons. The van der Waals surface area contributed by atoms with Crippen molar-refractivity contribution in [1.82, 2.24) is 5.32 Å². The van der Waals surface area contributed by atoms with Crippen LogP contribution in [0.25, 0.3) is 0 Å². The van der Waals surface area contributed by atoms with E-state index in [0.717, 1.165) is 5.56 Å². The van der Waals surface area contributed by atoms with Gasteiger partial charge in [-0.15, -0.1) is 0 Å². The molecule has 2 nitrogen and oxygen atoms in total. The Morgan fingerprint density at radius 2 is 1.89 bits per heavy atom. The molecule has 0 radical (unpaired) electrons. The summed E-state index contributed by atoms with van der Waals surface area (Å²) in [5, 5.41) is 2.94. The van der Waals surface area contributed by atoms with Crippen LogP contribution in [0.5, 0.6) is 11.5 Å². The standard InChI is InChI=1S/C14H12BrF2NO/c1-18-8-9-2-5-14(13(17)6-9)19-10-3-4-12(16)11(15)7-10/h2-7,18H,8H2,1H3. The summed E-state index contributed by atoms with van der Waals surface area (Å²) in [7, 11) is 1.79. The van der Waals surface area contributed by atoms with E-state index in [2.05, 4.69) is 21.2 Å². The van der Waals surface area contributed by atoms with Gasteiger partial charge in [0.25, 0.3) is 0 Å². The predicted octanol–water partition coefficient (Wildman–Crippen LogP) is 4.24. The van der Waals surface area contributed by atoms with Gasteiger partial charge in [0.05, 0.1) is 4.47 Å². The molecule has 0 atom stereocenters. The molecule has 2 aromatic carbocycles. The molecule has 0 heterocycles. The zero-order valence-corrected chi connectivity index (χ0v) is 11.8. The molecule has 0 bridgehead atoms. The normalized spacial score (nSPS) is 10.5. The fourth-order valence-corrected chi connectivity index (χ4v) is 1.97. The van der Waals surface area contributed by atoms with Gasteiger partial charge in [0, 0.05) is 6.54 Å². The van der Waals surface area contributed by atoms with Crippen molar-refractivity contribution >= 4 is 15.9 Å². The largest absolute Gasteiger partial charge is 0.454 e. The second-order valence-electron chi connectivity index (χ2n) is 3.97. The lowest BCUT2D eigenvalue weighted by molar-refractivity contribution is 0.440. The summed E-state index contributed by atoms with van der Waals surface area (Å²) < 4.78 is 32.5. The van der Waals surface area contributed by atoms with E-state index < -0.39 is 11.6 Å². The first-order chi connectivity index (χ1) is 9.10. The van der Waals surface area contributed by atoms with Crippen molar-refractivity contribution in [3.8, 4) is 11.5 Å². The minimum absolute atomic E-state index is 0.110. The average molecular weight is 328 g/mol. The summed E-state index contributed by atoms with van der Waals surface area (Å²) in [6, 6.07) is 8.89. The maximum atomic E-state index is 13.8. The molecular formula is C14H12BrF2NO. The summed E-state index contributed by atoms with van der Waals surface area (Å²) in [6.07, 6.45) is 0. The summed E-state index contributed by atoms with van der Waals surface area (Å²) in [5.41, 5.74) is 0.827. The third-order valence-electron chi connectivity index (χ3n) is 2.50. The van der Waals surface area contributed by atoms with Crippen molar-refractivity contribution in [2.75, 3.05) is 7.05 Å². The third kappa shape index (κ3) is 3.52. The Balaban J connectivity index is 2.20. The molecule has 0 saturated carbocycles. The van der Waals surface area contributed by atoms with Gasteiger partial charge in [-0.25, -0.2) is 8.78 Å². The molecule has 0 aliphatic rings.